The van der Waals surface area contributed by atoms with E-state index in [4.69, 9.17) is 19.5 Å². The van der Waals surface area contributed by atoms with Crippen LogP contribution in [0.3, 0.4) is 0 Å². The van der Waals surface area contributed by atoms with Gasteiger partial charge < -0.3 is 24.3 Å². The van der Waals surface area contributed by atoms with Gasteiger partial charge in [-0.1, -0.05) is 0 Å². The van der Waals surface area contributed by atoms with Crippen LogP contribution in [-0.2, 0) is 9.53 Å². The van der Waals surface area contributed by atoms with Crippen LogP contribution in [0.4, 0.5) is 5.69 Å². The van der Waals surface area contributed by atoms with Crippen LogP contribution < -0.4 is 19.5 Å². The van der Waals surface area contributed by atoms with Gasteiger partial charge in [-0.25, -0.2) is 4.79 Å². The third kappa shape index (κ3) is 5.14. The van der Waals surface area contributed by atoms with Crippen molar-refractivity contribution in [3.63, 3.8) is 0 Å². The molecule has 0 saturated carbocycles. The first kappa shape index (κ1) is 20.6. The number of amides is 1. The zero-order valence-corrected chi connectivity index (χ0v) is 15.8. The van der Waals surface area contributed by atoms with E-state index in [0.717, 1.165) is 0 Å². The number of rotatable bonds is 8. The minimum atomic E-state index is -0.563. The summed E-state index contributed by atoms with van der Waals surface area (Å²) in [5, 5.41) is 11.8. The van der Waals surface area contributed by atoms with Crippen molar-refractivity contribution in [1.82, 2.24) is 0 Å². The second-order valence-electron chi connectivity index (χ2n) is 5.44. The van der Waals surface area contributed by atoms with Gasteiger partial charge in [-0.3, -0.25) is 4.79 Å². The highest BCUT2D eigenvalue weighted by molar-refractivity contribution is 6.05. The van der Waals surface area contributed by atoms with Crippen molar-refractivity contribution in [3.05, 3.63) is 47.5 Å². The minimum Gasteiger partial charge on any atom is -0.493 e. The van der Waals surface area contributed by atoms with Crippen LogP contribution >= 0.6 is 0 Å². The number of benzene rings is 2. The van der Waals surface area contributed by atoms with Gasteiger partial charge in [0.15, 0.2) is 18.1 Å². The van der Waals surface area contributed by atoms with E-state index in [9.17, 15) is 9.59 Å². The van der Waals surface area contributed by atoms with Crippen LogP contribution in [0.5, 0.6) is 17.2 Å². The van der Waals surface area contributed by atoms with E-state index in [-0.39, 0.29) is 17.9 Å². The van der Waals surface area contributed by atoms with Crippen molar-refractivity contribution in [2.24, 2.45) is 0 Å². The molecule has 146 valence electrons. The third-order valence-electron chi connectivity index (χ3n) is 3.66. The number of nitriles is 1. The van der Waals surface area contributed by atoms with Crippen molar-refractivity contribution >= 4 is 17.6 Å². The predicted octanol–water partition coefficient (Wildman–Crippen LogP) is 2.77. The van der Waals surface area contributed by atoms with Gasteiger partial charge >= 0.3 is 5.97 Å². The van der Waals surface area contributed by atoms with Crippen LogP contribution in [-0.4, -0.2) is 39.3 Å². The molecule has 0 aliphatic heterocycles. The molecule has 2 aromatic carbocycles. The lowest BCUT2D eigenvalue weighted by molar-refractivity contribution is -0.142. The lowest BCUT2D eigenvalue weighted by Gasteiger charge is -2.14. The molecule has 2 rings (SSSR count). The Morgan fingerprint density at radius 1 is 1.04 bits per heavy atom. The summed E-state index contributed by atoms with van der Waals surface area (Å²) in [6.45, 7) is 1.90. The standard InChI is InChI=1S/C20H20N2O6/c1-4-27-16-7-5-13(11-21)9-15(16)22-20(24)14-6-8-17(25-2)18(10-14)28-12-19(23)26-3/h5-10H,4,12H2,1-3H3,(H,22,24). The van der Waals surface area contributed by atoms with Gasteiger partial charge in [0.1, 0.15) is 5.75 Å². The summed E-state index contributed by atoms with van der Waals surface area (Å²) in [6.07, 6.45) is 0. The molecular formula is C20H20N2O6. The molecule has 8 heteroatoms. The first-order chi connectivity index (χ1) is 13.5. The maximum absolute atomic E-state index is 12.7. The molecule has 0 spiro atoms. The van der Waals surface area contributed by atoms with Gasteiger partial charge in [0.05, 0.1) is 38.1 Å². The van der Waals surface area contributed by atoms with E-state index in [1.54, 1.807) is 24.3 Å². The summed E-state index contributed by atoms with van der Waals surface area (Å²) in [6, 6.07) is 11.3. The molecule has 28 heavy (non-hydrogen) atoms. The molecule has 0 aliphatic rings. The number of methoxy groups -OCH3 is 2. The van der Waals surface area contributed by atoms with Gasteiger partial charge in [-0.2, -0.15) is 5.26 Å². The van der Waals surface area contributed by atoms with Crippen molar-refractivity contribution in [2.45, 2.75) is 6.92 Å². The van der Waals surface area contributed by atoms with Crippen molar-refractivity contribution in [3.8, 4) is 23.3 Å². The SMILES string of the molecule is CCOc1ccc(C#N)cc1NC(=O)c1ccc(OC)c(OCC(=O)OC)c1. The molecular weight excluding hydrogens is 364 g/mol. The van der Waals surface area contributed by atoms with Gasteiger partial charge in [0.2, 0.25) is 0 Å². The summed E-state index contributed by atoms with van der Waals surface area (Å²) < 4.78 is 20.6. The molecule has 0 fully saturated rings. The molecule has 1 amide bonds. The number of esters is 1. The maximum atomic E-state index is 12.7. The number of nitrogens with zero attached hydrogens (tertiary/aromatic N) is 1. The fraction of sp³-hybridized carbons (Fsp3) is 0.250. The van der Waals surface area contributed by atoms with Crippen LogP contribution in [0, 0.1) is 11.3 Å². The molecule has 0 heterocycles. The normalized spacial score (nSPS) is 9.79. The molecule has 0 atom stereocenters. The lowest BCUT2D eigenvalue weighted by Crippen LogP contribution is -2.15. The number of ether oxygens (including phenoxy) is 4. The second-order valence-corrected chi connectivity index (χ2v) is 5.44. The second kappa shape index (κ2) is 9.83. The molecule has 0 unspecified atom stereocenters. The number of hydrogen-bond donors (Lipinski definition) is 1. The quantitative estimate of drug-likeness (QED) is 0.697. The van der Waals surface area contributed by atoms with Gasteiger partial charge in [0.25, 0.3) is 5.91 Å². The van der Waals surface area contributed by atoms with E-state index < -0.39 is 11.9 Å². The molecule has 0 saturated heterocycles. The van der Waals surface area contributed by atoms with E-state index in [2.05, 4.69) is 10.1 Å². The highest BCUT2D eigenvalue weighted by Crippen LogP contribution is 2.30. The first-order valence-electron chi connectivity index (χ1n) is 8.38. The maximum Gasteiger partial charge on any atom is 0.343 e. The number of anilines is 1. The largest absolute Gasteiger partial charge is 0.493 e. The van der Waals surface area contributed by atoms with Gasteiger partial charge in [-0.15, -0.1) is 0 Å². The highest BCUT2D eigenvalue weighted by Gasteiger charge is 2.15. The lowest BCUT2D eigenvalue weighted by atomic mass is 10.1. The fourth-order valence-electron chi connectivity index (χ4n) is 2.30. The summed E-state index contributed by atoms with van der Waals surface area (Å²) in [4.78, 5) is 24.0. The van der Waals surface area contributed by atoms with E-state index >= 15 is 0 Å². The summed E-state index contributed by atoms with van der Waals surface area (Å²) in [7, 11) is 2.69. The molecule has 0 radical (unpaired) electrons. The minimum absolute atomic E-state index is 0.219. The monoisotopic (exact) mass is 384 g/mol. The highest BCUT2D eigenvalue weighted by atomic mass is 16.6. The number of carbonyl (C=O) groups excluding carboxylic acids is 2. The zero-order chi connectivity index (χ0) is 20.5. The van der Waals surface area contributed by atoms with Crippen molar-refractivity contribution in [2.75, 3.05) is 32.8 Å². The fourth-order valence-corrected chi connectivity index (χ4v) is 2.30. The van der Waals surface area contributed by atoms with E-state index in [1.807, 2.05) is 13.0 Å². The Kier molecular flexibility index (Phi) is 7.22. The van der Waals surface area contributed by atoms with E-state index in [1.165, 1.54) is 26.4 Å². The molecule has 0 aromatic heterocycles. The Balaban J connectivity index is 2.27. The topological polar surface area (TPSA) is 107 Å². The van der Waals surface area contributed by atoms with Crippen LogP contribution in [0.15, 0.2) is 36.4 Å². The van der Waals surface area contributed by atoms with Crippen molar-refractivity contribution in [1.29, 1.82) is 5.26 Å². The Hall–Kier alpha value is -3.73. The van der Waals surface area contributed by atoms with Crippen LogP contribution in [0.25, 0.3) is 0 Å². The molecule has 1 N–H and O–H groups in total. The first-order valence-corrected chi connectivity index (χ1v) is 8.38. The third-order valence-corrected chi connectivity index (χ3v) is 3.66. The van der Waals surface area contributed by atoms with E-state index in [0.29, 0.717) is 29.4 Å². The molecule has 0 aliphatic carbocycles. The average Bonchev–Trinajstić information content (AvgIpc) is 2.72. The summed E-state index contributed by atoms with van der Waals surface area (Å²) >= 11 is 0. The average molecular weight is 384 g/mol. The summed E-state index contributed by atoms with van der Waals surface area (Å²) in [5.41, 5.74) is 1.03. The number of nitrogens with one attached hydrogen (secondary N) is 1. The Labute approximate surface area is 162 Å². The van der Waals surface area contributed by atoms with Gasteiger partial charge in [0, 0.05) is 5.56 Å². The molecule has 2 aromatic rings. The van der Waals surface area contributed by atoms with Crippen LogP contribution in [0.2, 0.25) is 0 Å². The summed E-state index contributed by atoms with van der Waals surface area (Å²) in [5.74, 6) is 0.0250. The Morgan fingerprint density at radius 3 is 2.43 bits per heavy atom. The molecule has 0 bridgehead atoms. The van der Waals surface area contributed by atoms with Crippen LogP contribution in [0.1, 0.15) is 22.8 Å². The smallest absolute Gasteiger partial charge is 0.343 e. The number of hydrogen-bond acceptors (Lipinski definition) is 7. The van der Waals surface area contributed by atoms with Gasteiger partial charge in [-0.05, 0) is 43.3 Å². The Bertz CT molecular complexity index is 904. The predicted molar refractivity (Wildman–Crippen MR) is 101 cm³/mol. The molecule has 8 nitrogen and oxygen atoms in total. The van der Waals surface area contributed by atoms with Crippen molar-refractivity contribution < 1.29 is 28.5 Å². The Morgan fingerprint density at radius 2 is 1.79 bits per heavy atom. The zero-order valence-electron chi connectivity index (χ0n) is 15.8. The number of carbonyl (C=O) groups is 2.